The molecule has 1 aliphatic rings. The van der Waals surface area contributed by atoms with Crippen molar-refractivity contribution in [1.29, 1.82) is 0 Å². The molecule has 8 heteroatoms. The number of nitrogens with zero attached hydrogens (tertiary/aromatic N) is 4. The molecule has 1 saturated heterocycles. The fraction of sp³-hybridized carbons (Fsp3) is 0.212. The van der Waals surface area contributed by atoms with Gasteiger partial charge in [-0.15, -0.1) is 0 Å². The van der Waals surface area contributed by atoms with E-state index in [-0.39, 0.29) is 11.8 Å². The summed E-state index contributed by atoms with van der Waals surface area (Å²) in [6.45, 7) is 4.16. The lowest BCUT2D eigenvalue weighted by Gasteiger charge is -2.32. The Morgan fingerprint density at radius 2 is 1.73 bits per heavy atom. The normalized spacial score (nSPS) is 14.9. The summed E-state index contributed by atoms with van der Waals surface area (Å²) < 4.78 is 5.56. The summed E-state index contributed by atoms with van der Waals surface area (Å²) in [7, 11) is 3.92. The number of anilines is 1. The van der Waals surface area contributed by atoms with Crippen LogP contribution in [-0.2, 0) is 4.79 Å². The molecule has 1 fully saturated rings. The Hall–Kier alpha value is -4.66. The van der Waals surface area contributed by atoms with Crippen LogP contribution in [0.4, 0.5) is 11.4 Å². The highest BCUT2D eigenvalue weighted by Crippen LogP contribution is 2.34. The predicted octanol–water partition coefficient (Wildman–Crippen LogP) is 5.51. The number of aromatic hydroxyl groups is 1. The number of carbonyl (C=O) groups excluding carboxylic acids is 1. The molecule has 0 spiro atoms. The fourth-order valence-electron chi connectivity index (χ4n) is 5.21. The molecule has 41 heavy (non-hydrogen) atoms. The molecule has 3 aromatic carbocycles. The number of H-pyrrole nitrogens is 1. The molecule has 0 saturated carbocycles. The minimum Gasteiger partial charge on any atom is -0.494 e. The number of nitrogens with one attached hydrogen (secondary N) is 1. The van der Waals surface area contributed by atoms with Gasteiger partial charge in [-0.05, 0) is 49.5 Å². The molecule has 1 amide bonds. The second-order valence-electron chi connectivity index (χ2n) is 10.5. The number of aliphatic imine (C=N–C) groups is 1. The molecular formula is C33H33N5O3. The number of fused-ring (bicyclic) bond motifs is 1. The van der Waals surface area contributed by atoms with E-state index in [4.69, 9.17) is 9.41 Å². The van der Waals surface area contributed by atoms with E-state index in [1.807, 2.05) is 92.0 Å². The molecule has 0 radical (unpaired) electrons. The molecule has 6 rings (SSSR count). The van der Waals surface area contributed by atoms with E-state index in [1.54, 1.807) is 11.2 Å². The summed E-state index contributed by atoms with van der Waals surface area (Å²) >= 11 is 0. The van der Waals surface area contributed by atoms with Crippen molar-refractivity contribution in [3.8, 4) is 17.2 Å². The Morgan fingerprint density at radius 3 is 2.44 bits per heavy atom. The van der Waals surface area contributed by atoms with Crippen molar-refractivity contribution in [2.75, 3.05) is 51.7 Å². The predicted molar refractivity (Wildman–Crippen MR) is 163 cm³/mol. The molecule has 2 aromatic heterocycles. The zero-order valence-corrected chi connectivity index (χ0v) is 23.2. The van der Waals surface area contributed by atoms with E-state index < -0.39 is 0 Å². The van der Waals surface area contributed by atoms with Gasteiger partial charge in [-0.1, -0.05) is 42.5 Å². The van der Waals surface area contributed by atoms with Crippen molar-refractivity contribution in [3.63, 3.8) is 0 Å². The van der Waals surface area contributed by atoms with Gasteiger partial charge < -0.3 is 24.3 Å². The van der Waals surface area contributed by atoms with Crippen LogP contribution in [-0.4, -0.2) is 78.3 Å². The van der Waals surface area contributed by atoms with E-state index in [9.17, 15) is 9.90 Å². The highest BCUT2D eigenvalue weighted by molar-refractivity contribution is 6.22. The van der Waals surface area contributed by atoms with Gasteiger partial charge in [0.2, 0.25) is 5.91 Å². The van der Waals surface area contributed by atoms with Crippen LogP contribution >= 0.6 is 0 Å². The Balaban J connectivity index is 1.30. The standard InChI is InChI=1S/C33H33N5O3/c1-36-16-18-38(19-17-36)22-30(39)37(2)26-13-11-25(12-14-26)34-32(23-7-4-3-5-8-23)31-27-15-10-24(29-9-6-20-41-29)21-28(27)35-33(31)40/h3-15,20-21,35,40H,16-19,22H2,1-2H3. The molecule has 2 N–H and O–H groups in total. The van der Waals surface area contributed by atoms with E-state index in [1.165, 1.54) is 0 Å². The number of furan rings is 1. The van der Waals surface area contributed by atoms with Gasteiger partial charge in [-0.25, -0.2) is 4.99 Å². The molecular weight excluding hydrogens is 514 g/mol. The van der Waals surface area contributed by atoms with Crippen molar-refractivity contribution in [2.24, 2.45) is 4.99 Å². The topological polar surface area (TPSA) is 88.3 Å². The first kappa shape index (κ1) is 26.6. The summed E-state index contributed by atoms with van der Waals surface area (Å²) in [5, 5.41) is 11.9. The number of aromatic amines is 1. The third-order valence-corrected chi connectivity index (χ3v) is 7.68. The number of hydrogen-bond donors (Lipinski definition) is 2. The van der Waals surface area contributed by atoms with Crippen molar-refractivity contribution < 1.29 is 14.3 Å². The number of piperazine rings is 1. The lowest BCUT2D eigenvalue weighted by atomic mass is 10.00. The van der Waals surface area contributed by atoms with E-state index in [0.717, 1.165) is 59.7 Å². The lowest BCUT2D eigenvalue weighted by Crippen LogP contribution is -2.48. The van der Waals surface area contributed by atoms with Gasteiger partial charge in [0.25, 0.3) is 0 Å². The molecule has 0 unspecified atom stereocenters. The molecule has 0 aliphatic carbocycles. The average Bonchev–Trinajstić information content (AvgIpc) is 3.65. The number of benzene rings is 3. The molecule has 0 atom stereocenters. The Morgan fingerprint density at radius 1 is 0.976 bits per heavy atom. The highest BCUT2D eigenvalue weighted by Gasteiger charge is 2.21. The maximum atomic E-state index is 13.0. The van der Waals surface area contributed by atoms with Gasteiger partial charge in [0.1, 0.15) is 5.76 Å². The summed E-state index contributed by atoms with van der Waals surface area (Å²) in [6.07, 6.45) is 1.64. The monoisotopic (exact) mass is 547 g/mol. The van der Waals surface area contributed by atoms with Crippen LogP contribution in [0, 0.1) is 0 Å². The number of rotatable bonds is 7. The number of amides is 1. The quantitative estimate of drug-likeness (QED) is 0.262. The van der Waals surface area contributed by atoms with Crippen LogP contribution < -0.4 is 4.90 Å². The molecule has 5 aromatic rings. The van der Waals surface area contributed by atoms with Crippen molar-refractivity contribution in [3.05, 3.63) is 102 Å². The van der Waals surface area contributed by atoms with E-state index in [2.05, 4.69) is 21.8 Å². The first-order valence-electron chi connectivity index (χ1n) is 13.8. The lowest BCUT2D eigenvalue weighted by molar-refractivity contribution is -0.119. The molecule has 1 aliphatic heterocycles. The van der Waals surface area contributed by atoms with E-state index in [0.29, 0.717) is 23.5 Å². The van der Waals surface area contributed by atoms with Crippen LogP contribution in [0.2, 0.25) is 0 Å². The first-order valence-corrected chi connectivity index (χ1v) is 13.8. The second kappa shape index (κ2) is 11.4. The molecule has 8 nitrogen and oxygen atoms in total. The summed E-state index contributed by atoms with van der Waals surface area (Å²) in [5.74, 6) is 0.866. The fourth-order valence-corrected chi connectivity index (χ4v) is 5.21. The largest absolute Gasteiger partial charge is 0.494 e. The van der Waals surface area contributed by atoms with Gasteiger partial charge in [-0.3, -0.25) is 9.69 Å². The van der Waals surface area contributed by atoms with Crippen LogP contribution in [0.1, 0.15) is 11.1 Å². The number of aromatic nitrogens is 1. The van der Waals surface area contributed by atoms with Crippen LogP contribution in [0.3, 0.4) is 0 Å². The SMILES string of the molecule is CN1CCN(CC(=O)N(C)c2ccc(N=C(c3ccccc3)c3c(O)[nH]c4cc(-c5ccco5)ccc34)cc2)CC1. The number of hydrogen-bond acceptors (Lipinski definition) is 6. The Labute approximate surface area is 239 Å². The van der Waals surface area contributed by atoms with Crippen LogP contribution in [0.15, 0.2) is 101 Å². The highest BCUT2D eigenvalue weighted by atomic mass is 16.3. The van der Waals surface area contributed by atoms with Gasteiger partial charge >= 0.3 is 0 Å². The van der Waals surface area contributed by atoms with Crippen LogP contribution in [0.25, 0.3) is 22.2 Å². The summed E-state index contributed by atoms with van der Waals surface area (Å²) in [4.78, 5) is 27.3. The Kier molecular flexibility index (Phi) is 7.41. The summed E-state index contributed by atoms with van der Waals surface area (Å²) in [6, 6.07) is 27.1. The molecule has 208 valence electrons. The average molecular weight is 548 g/mol. The van der Waals surface area contributed by atoms with Crippen molar-refractivity contribution >= 4 is 33.9 Å². The van der Waals surface area contributed by atoms with Gasteiger partial charge in [0.15, 0.2) is 5.88 Å². The van der Waals surface area contributed by atoms with Gasteiger partial charge in [-0.2, -0.15) is 0 Å². The van der Waals surface area contributed by atoms with Crippen molar-refractivity contribution in [1.82, 2.24) is 14.8 Å². The zero-order chi connectivity index (χ0) is 28.3. The minimum absolute atomic E-state index is 0.0463. The number of likely N-dealkylation sites (N-methyl/N-ethyl adjacent to an activating group) is 2. The van der Waals surface area contributed by atoms with Gasteiger partial charge in [0.05, 0.1) is 29.8 Å². The molecule has 0 bridgehead atoms. The third-order valence-electron chi connectivity index (χ3n) is 7.68. The summed E-state index contributed by atoms with van der Waals surface area (Å²) in [5.41, 5.74) is 5.37. The Bertz CT molecular complexity index is 1670. The maximum absolute atomic E-state index is 13.0. The maximum Gasteiger partial charge on any atom is 0.240 e. The minimum atomic E-state index is 0.0463. The van der Waals surface area contributed by atoms with E-state index >= 15 is 0 Å². The zero-order valence-electron chi connectivity index (χ0n) is 23.2. The number of carbonyl (C=O) groups is 1. The van der Waals surface area contributed by atoms with Crippen LogP contribution in [0.5, 0.6) is 5.88 Å². The molecule has 3 heterocycles. The van der Waals surface area contributed by atoms with Crippen molar-refractivity contribution in [2.45, 2.75) is 0 Å². The third kappa shape index (κ3) is 5.66. The van der Waals surface area contributed by atoms with Gasteiger partial charge in [0, 0.05) is 60.9 Å². The smallest absolute Gasteiger partial charge is 0.240 e. The second-order valence-corrected chi connectivity index (χ2v) is 10.5. The first-order chi connectivity index (χ1) is 20.0.